The molecule has 10 atom stereocenters. The Morgan fingerprint density at radius 3 is 1.25 bits per heavy atom. The Balaban J connectivity index is 0.000000224. The van der Waals surface area contributed by atoms with Crippen molar-refractivity contribution >= 4 is 56.5 Å². The first-order chi connectivity index (χ1) is 50.1. The Morgan fingerprint density at radius 1 is 0.413 bits per heavy atom. The van der Waals surface area contributed by atoms with Crippen LogP contribution in [0.3, 0.4) is 0 Å². The van der Waals surface area contributed by atoms with E-state index in [4.69, 9.17) is 26.5 Å². The molecule has 0 heterocycles. The molecule has 2 nitrogen and oxygen atoms in total. The van der Waals surface area contributed by atoms with E-state index in [1.165, 1.54) is 124 Å². The van der Waals surface area contributed by atoms with Gasteiger partial charge in [0.15, 0.2) is 0 Å². The number of methoxy groups -OCH3 is 2. The molecule has 7 heteroatoms. The number of benzene rings is 6. The summed E-state index contributed by atoms with van der Waals surface area (Å²) in [5.74, 6) is 5.71. The topological polar surface area (TPSA) is 18.5 Å². The van der Waals surface area contributed by atoms with Crippen molar-refractivity contribution in [3.8, 4) is 28.0 Å². The molecule has 586 valence electrons. The first-order valence-corrected chi connectivity index (χ1v) is 53.9. The van der Waals surface area contributed by atoms with Gasteiger partial charge in [-0.05, 0) is 211 Å². The van der Waals surface area contributed by atoms with Crippen molar-refractivity contribution in [2.24, 2.45) is 46.3 Å². The number of rotatable bonds is 10. The van der Waals surface area contributed by atoms with Gasteiger partial charge < -0.3 is 9.47 Å². The molecule has 6 aromatic carbocycles. The molecule has 0 radical (unpaired) electrons. The average molecular weight is 1620 g/mol. The molecular formula is C102H140Cl2O2Si2Zr. The van der Waals surface area contributed by atoms with Gasteiger partial charge in [0.05, 0.1) is 30.4 Å². The summed E-state index contributed by atoms with van der Waals surface area (Å²) in [6.07, 6.45) is 15.8. The molecule has 0 N–H and O–H groups in total. The molecule has 0 bridgehead atoms. The summed E-state index contributed by atoms with van der Waals surface area (Å²) in [5, 5.41) is 0. The number of ether oxygens (including phenoxy) is 2. The summed E-state index contributed by atoms with van der Waals surface area (Å²) in [6.45, 7) is 78.0. The Labute approximate surface area is 685 Å². The van der Waals surface area contributed by atoms with Crippen LogP contribution in [0.1, 0.15) is 285 Å². The second kappa shape index (κ2) is 31.1. The van der Waals surface area contributed by atoms with E-state index < -0.39 is 37.0 Å². The molecule has 2 fully saturated rings. The van der Waals surface area contributed by atoms with E-state index in [1.807, 2.05) is 14.2 Å². The molecule has 0 aromatic heterocycles. The predicted octanol–water partition coefficient (Wildman–Crippen LogP) is 30.8. The molecule has 109 heavy (non-hydrogen) atoms. The normalized spacial score (nSPS) is 23.2. The van der Waals surface area contributed by atoms with E-state index in [9.17, 15) is 0 Å². The molecule has 10 unspecified atom stereocenters. The zero-order valence-corrected chi connectivity index (χ0v) is 80.1. The second-order valence-electron chi connectivity index (χ2n) is 43.6. The van der Waals surface area contributed by atoms with Crippen LogP contribution in [0.15, 0.2) is 162 Å². The van der Waals surface area contributed by atoms with Gasteiger partial charge in [0.1, 0.15) is 11.5 Å². The van der Waals surface area contributed by atoms with Crippen LogP contribution in [0.2, 0.25) is 37.3 Å². The van der Waals surface area contributed by atoms with Gasteiger partial charge >= 0.3 is 37.9 Å². The Hall–Kier alpha value is -4.74. The van der Waals surface area contributed by atoms with Crippen molar-refractivity contribution in [3.05, 3.63) is 228 Å². The fourth-order valence-corrected chi connectivity index (χ4v) is 32.4. The quantitative estimate of drug-likeness (QED) is 0.127. The van der Waals surface area contributed by atoms with Gasteiger partial charge in [-0.2, -0.15) is 0 Å². The van der Waals surface area contributed by atoms with Crippen molar-refractivity contribution in [2.75, 3.05) is 14.2 Å². The summed E-state index contributed by atoms with van der Waals surface area (Å²) >= 11 is -0.826. The van der Waals surface area contributed by atoms with Crippen LogP contribution in [0, 0.1) is 46.3 Å². The van der Waals surface area contributed by atoms with Crippen LogP contribution in [-0.2, 0) is 58.1 Å². The third-order valence-corrected chi connectivity index (χ3v) is 36.3. The number of hydrogen-bond acceptors (Lipinski definition) is 2. The summed E-state index contributed by atoms with van der Waals surface area (Å²) in [5.41, 5.74) is 33.9. The number of halogens is 2. The average Bonchev–Trinajstić information content (AvgIpc) is 1.57. The van der Waals surface area contributed by atoms with Gasteiger partial charge in [-0.15, -0.1) is 0 Å². The van der Waals surface area contributed by atoms with Gasteiger partial charge in [0.25, 0.3) is 0 Å². The van der Waals surface area contributed by atoms with Crippen LogP contribution < -0.4 is 4.74 Å². The molecule has 0 aliphatic heterocycles. The van der Waals surface area contributed by atoms with Crippen LogP contribution in [0.4, 0.5) is 0 Å². The maximum absolute atomic E-state index is 6.41. The summed E-state index contributed by atoms with van der Waals surface area (Å²) in [6, 6.07) is 44.9. The van der Waals surface area contributed by atoms with Crippen molar-refractivity contribution < 1.29 is 30.3 Å². The molecular weight excluding hydrogens is 1480 g/mol. The zero-order valence-electron chi connectivity index (χ0n) is 74.1. The van der Waals surface area contributed by atoms with Crippen LogP contribution in [0.5, 0.6) is 5.75 Å². The van der Waals surface area contributed by atoms with Crippen LogP contribution in [0.25, 0.3) is 45.6 Å². The summed E-state index contributed by atoms with van der Waals surface area (Å²) in [7, 11) is 9.54. The van der Waals surface area contributed by atoms with Gasteiger partial charge in [0, 0.05) is 27.8 Å². The van der Waals surface area contributed by atoms with Gasteiger partial charge in [-0.3, -0.25) is 0 Å². The Morgan fingerprint density at radius 2 is 0.826 bits per heavy atom. The van der Waals surface area contributed by atoms with Crippen molar-refractivity contribution in [1.29, 1.82) is 0 Å². The fourth-order valence-electron chi connectivity index (χ4n) is 21.1. The molecule has 2 saturated carbocycles. The SMILES string of the molecule is COC1=C(c2ccccc2)C2CC(C)C([Si](C)(C)C3C(C)CC4C(c5cc(C(C)(C)C)cc(C(C)(C)C)c5)=CC(C(C)(C)C)=CC43)C2C=C1C(C)(C)C.COc1c(C(C)(C)C)cc2c(c1-c1ccccc1)C=C(C)C2[Si](C)(C)C1C(C)=Cc2c(-c3cc(C(C)(C)C)cc(C(C)(C)C)c3)cc(C(C)(C)C)cc21.[Cl][Zr][Cl]. The number of fused-ring (bicyclic) bond motifs is 4. The van der Waals surface area contributed by atoms with Crippen LogP contribution in [-0.4, -0.2) is 30.4 Å². The van der Waals surface area contributed by atoms with E-state index in [0.29, 0.717) is 52.1 Å². The molecule has 0 saturated heterocycles. The van der Waals surface area contributed by atoms with E-state index in [0.717, 1.165) is 17.0 Å². The van der Waals surface area contributed by atoms with Crippen molar-refractivity contribution in [2.45, 2.75) is 288 Å². The van der Waals surface area contributed by atoms with E-state index in [-0.39, 0.29) is 43.3 Å². The molecule has 6 aliphatic rings. The molecule has 6 aliphatic carbocycles. The standard InChI is InChI=1S/C51H74OSi.C51H66OSi.2ClH.Zr/c2*1-31-23-39-38(34-25-35(48(3,4)5)27-36(26-34)49(6,7)8)28-37(50(9,10)11)29-41(39)46(31)53(16,17)47-32(2)24-40-42(47)30-43(51(12,13)14)45(52-15)44(40)33-21-19-18-20-22-33;;;/h18-22,25-32,39-42,46-47H,23-24H2,1-17H3;18-30,46-47H,1-17H3;2*1H;/q;;;;+2/p-2. The first kappa shape index (κ1) is 86.7. The Bertz CT molecular complexity index is 4500. The van der Waals surface area contributed by atoms with Gasteiger partial charge in [-0.1, -0.05) is 363 Å². The first-order valence-electron chi connectivity index (χ1n) is 41.3. The third-order valence-electron chi connectivity index (χ3n) is 26.5. The van der Waals surface area contributed by atoms with E-state index >= 15 is 0 Å². The predicted molar refractivity (Wildman–Crippen MR) is 481 cm³/mol. The molecule has 0 amide bonds. The molecule has 6 aromatic rings. The Kier molecular flexibility index (Phi) is 24.7. The molecule has 0 spiro atoms. The van der Waals surface area contributed by atoms with Gasteiger partial charge in [-0.25, -0.2) is 0 Å². The zero-order chi connectivity index (χ0) is 81.1. The minimum absolute atomic E-state index is 0.00504. The summed E-state index contributed by atoms with van der Waals surface area (Å²) in [4.78, 5) is 0. The van der Waals surface area contributed by atoms with Crippen LogP contribution >= 0.6 is 17.0 Å². The van der Waals surface area contributed by atoms with E-state index in [1.54, 1.807) is 11.1 Å². The minimum atomic E-state index is -2.16. The maximum atomic E-state index is 6.41. The number of allylic oxidation sites excluding steroid dienone is 9. The number of hydrogen-bond donors (Lipinski definition) is 0. The van der Waals surface area contributed by atoms with Crippen molar-refractivity contribution in [1.82, 2.24) is 0 Å². The van der Waals surface area contributed by atoms with E-state index in [2.05, 4.69) is 366 Å². The fraction of sp³-hybridized carbons (Fsp3) is 0.529. The van der Waals surface area contributed by atoms with Crippen molar-refractivity contribution in [3.63, 3.8) is 0 Å². The third kappa shape index (κ3) is 17.3. The monoisotopic (exact) mass is 1610 g/mol. The van der Waals surface area contributed by atoms with Gasteiger partial charge in [0.2, 0.25) is 0 Å². The summed E-state index contributed by atoms with van der Waals surface area (Å²) < 4.78 is 12.7. The second-order valence-corrected chi connectivity index (χ2v) is 57.1. The molecule has 12 rings (SSSR count).